The summed E-state index contributed by atoms with van der Waals surface area (Å²) in [6.07, 6.45) is 4.56. The fraction of sp³-hybridized carbons (Fsp3) is 0.600. The highest BCUT2D eigenvalue weighted by Crippen LogP contribution is 2.26. The minimum atomic E-state index is 0.842. The largest absolute Gasteiger partial charge is 0.329 e. The van der Waals surface area contributed by atoms with Crippen LogP contribution in [0.5, 0.6) is 0 Å². The Morgan fingerprint density at radius 1 is 1.50 bits per heavy atom. The van der Waals surface area contributed by atoms with Gasteiger partial charge in [0.05, 0.1) is 5.84 Å². The molecule has 1 fully saturated rings. The molecule has 1 aliphatic heterocycles. The number of thioether (sulfide) groups is 1. The van der Waals surface area contributed by atoms with Gasteiger partial charge in [0, 0.05) is 23.9 Å². The second kappa shape index (κ2) is 7.64. The van der Waals surface area contributed by atoms with Crippen LogP contribution in [0, 0.1) is 12.8 Å². The zero-order valence-electron chi connectivity index (χ0n) is 12.6. The number of hydrogen-bond donors (Lipinski definition) is 2. The molecule has 0 saturated carbocycles. The number of aromatic nitrogens is 1. The van der Waals surface area contributed by atoms with Gasteiger partial charge in [-0.3, -0.25) is 4.99 Å². The van der Waals surface area contributed by atoms with Crippen molar-refractivity contribution in [3.8, 4) is 0 Å². The van der Waals surface area contributed by atoms with Crippen molar-refractivity contribution in [1.82, 2.24) is 10.3 Å². The first-order chi connectivity index (χ1) is 9.69. The van der Waals surface area contributed by atoms with Gasteiger partial charge in [-0.15, -0.1) is 11.8 Å². The van der Waals surface area contributed by atoms with Crippen molar-refractivity contribution >= 4 is 23.4 Å². The molecule has 0 unspecified atom stereocenters. The fourth-order valence-electron chi connectivity index (χ4n) is 2.25. The standard InChI is InChI=1S/C15H24N4S/c1-11-8-14(9-18-15(11)19-12(2)16-3)20-10-13-4-6-17-7-5-13/h8-9,13,17H,4-7,10H2,1-3H3,(H,16,18,19). The molecule has 0 radical (unpaired) electrons. The molecule has 2 heterocycles. The van der Waals surface area contributed by atoms with E-state index < -0.39 is 0 Å². The van der Waals surface area contributed by atoms with E-state index in [1.807, 2.05) is 24.9 Å². The lowest BCUT2D eigenvalue weighted by Gasteiger charge is -2.22. The maximum atomic E-state index is 4.50. The molecule has 0 spiro atoms. The average Bonchev–Trinajstić information content (AvgIpc) is 2.48. The molecule has 0 atom stereocenters. The molecule has 110 valence electrons. The third-order valence-electron chi connectivity index (χ3n) is 3.63. The van der Waals surface area contributed by atoms with Crippen LogP contribution in [0.3, 0.4) is 0 Å². The van der Waals surface area contributed by atoms with Gasteiger partial charge in [0.25, 0.3) is 0 Å². The van der Waals surface area contributed by atoms with Crippen molar-refractivity contribution in [2.45, 2.75) is 31.6 Å². The van der Waals surface area contributed by atoms with Crippen molar-refractivity contribution in [2.75, 3.05) is 31.2 Å². The van der Waals surface area contributed by atoms with Gasteiger partial charge in [-0.05, 0) is 57.3 Å². The molecule has 0 amide bonds. The summed E-state index contributed by atoms with van der Waals surface area (Å²) in [6.45, 7) is 6.37. The summed E-state index contributed by atoms with van der Waals surface area (Å²) in [6, 6.07) is 2.21. The van der Waals surface area contributed by atoms with Crippen LogP contribution in [0.15, 0.2) is 22.2 Å². The maximum Gasteiger partial charge on any atom is 0.134 e. The molecule has 20 heavy (non-hydrogen) atoms. The van der Waals surface area contributed by atoms with E-state index in [1.54, 1.807) is 7.05 Å². The Morgan fingerprint density at radius 2 is 2.25 bits per heavy atom. The third kappa shape index (κ3) is 4.49. The Kier molecular flexibility index (Phi) is 5.86. The Bertz CT molecular complexity index is 467. The second-order valence-corrected chi connectivity index (χ2v) is 6.37. The van der Waals surface area contributed by atoms with Crippen molar-refractivity contribution in [3.05, 3.63) is 17.8 Å². The number of pyridine rings is 1. The molecule has 4 nitrogen and oxygen atoms in total. The van der Waals surface area contributed by atoms with E-state index in [-0.39, 0.29) is 0 Å². The minimum absolute atomic E-state index is 0.842. The molecule has 1 aliphatic rings. The molecular weight excluding hydrogens is 268 g/mol. The van der Waals surface area contributed by atoms with Gasteiger partial charge in [-0.2, -0.15) is 0 Å². The van der Waals surface area contributed by atoms with Crippen LogP contribution in [0.1, 0.15) is 25.3 Å². The molecule has 0 aromatic carbocycles. The normalized spacial score (nSPS) is 17.2. The van der Waals surface area contributed by atoms with Crippen LogP contribution in [0.2, 0.25) is 0 Å². The molecular formula is C15H24N4S. The lowest BCUT2D eigenvalue weighted by Crippen LogP contribution is -2.28. The molecule has 1 saturated heterocycles. The van der Waals surface area contributed by atoms with Crippen LogP contribution in [0.25, 0.3) is 0 Å². The summed E-state index contributed by atoms with van der Waals surface area (Å²) in [5.41, 5.74) is 1.17. The van der Waals surface area contributed by atoms with Crippen LogP contribution < -0.4 is 10.6 Å². The first kappa shape index (κ1) is 15.3. The number of aliphatic imine (C=N–C) groups is 1. The SMILES string of the molecule is CN=C(C)Nc1ncc(SCC2CCNCC2)cc1C. The first-order valence-corrected chi connectivity index (χ1v) is 8.18. The topological polar surface area (TPSA) is 49.3 Å². The number of anilines is 1. The van der Waals surface area contributed by atoms with Gasteiger partial charge in [-0.25, -0.2) is 4.98 Å². The number of nitrogens with one attached hydrogen (secondary N) is 2. The quantitative estimate of drug-likeness (QED) is 0.509. The highest BCUT2D eigenvalue weighted by atomic mass is 32.2. The van der Waals surface area contributed by atoms with Crippen molar-refractivity contribution in [2.24, 2.45) is 10.9 Å². The van der Waals surface area contributed by atoms with E-state index in [2.05, 4.69) is 33.6 Å². The predicted molar refractivity (Wildman–Crippen MR) is 87.9 cm³/mol. The lowest BCUT2D eigenvalue weighted by atomic mass is 10.0. The monoisotopic (exact) mass is 292 g/mol. The molecule has 0 bridgehead atoms. The zero-order valence-corrected chi connectivity index (χ0v) is 13.4. The van der Waals surface area contributed by atoms with Crippen molar-refractivity contribution < 1.29 is 0 Å². The number of piperidine rings is 1. The van der Waals surface area contributed by atoms with E-state index >= 15 is 0 Å². The summed E-state index contributed by atoms with van der Waals surface area (Å²) in [4.78, 5) is 9.87. The van der Waals surface area contributed by atoms with Crippen LogP contribution in [0.4, 0.5) is 5.82 Å². The summed E-state index contributed by atoms with van der Waals surface area (Å²) < 4.78 is 0. The number of hydrogen-bond acceptors (Lipinski definition) is 4. The summed E-state index contributed by atoms with van der Waals surface area (Å²) in [5.74, 6) is 3.83. The van der Waals surface area contributed by atoms with Crippen LogP contribution >= 0.6 is 11.8 Å². The number of aryl methyl sites for hydroxylation is 1. The van der Waals surface area contributed by atoms with Gasteiger partial charge >= 0.3 is 0 Å². The minimum Gasteiger partial charge on any atom is -0.329 e. The van der Waals surface area contributed by atoms with E-state index in [9.17, 15) is 0 Å². The van der Waals surface area contributed by atoms with Gasteiger partial charge in [0.15, 0.2) is 0 Å². The highest BCUT2D eigenvalue weighted by molar-refractivity contribution is 7.99. The smallest absolute Gasteiger partial charge is 0.134 e. The predicted octanol–water partition coefficient (Wildman–Crippen LogP) is 2.94. The number of amidine groups is 1. The van der Waals surface area contributed by atoms with Gasteiger partial charge < -0.3 is 10.6 Å². The summed E-state index contributed by atoms with van der Waals surface area (Å²) in [5, 5.41) is 6.63. The molecule has 0 aliphatic carbocycles. The van der Waals surface area contributed by atoms with Gasteiger partial charge in [0.1, 0.15) is 5.82 Å². The fourth-order valence-corrected chi connectivity index (χ4v) is 3.40. The second-order valence-electron chi connectivity index (χ2n) is 5.27. The maximum absolute atomic E-state index is 4.50. The Hall–Kier alpha value is -1.07. The summed E-state index contributed by atoms with van der Waals surface area (Å²) in [7, 11) is 1.78. The van der Waals surface area contributed by atoms with Crippen LogP contribution in [-0.2, 0) is 0 Å². The van der Waals surface area contributed by atoms with Crippen molar-refractivity contribution in [1.29, 1.82) is 0 Å². The number of nitrogens with zero attached hydrogens (tertiary/aromatic N) is 2. The first-order valence-electron chi connectivity index (χ1n) is 7.19. The molecule has 2 rings (SSSR count). The van der Waals surface area contributed by atoms with E-state index in [0.717, 1.165) is 17.6 Å². The molecule has 5 heteroatoms. The molecule has 2 N–H and O–H groups in total. The highest BCUT2D eigenvalue weighted by Gasteiger charge is 2.13. The Labute approximate surface area is 125 Å². The van der Waals surface area contributed by atoms with Gasteiger partial charge in [0.2, 0.25) is 0 Å². The van der Waals surface area contributed by atoms with E-state index in [4.69, 9.17) is 0 Å². The molecule has 1 aromatic rings. The zero-order chi connectivity index (χ0) is 14.4. The van der Waals surface area contributed by atoms with Crippen LogP contribution in [-0.4, -0.2) is 36.7 Å². The third-order valence-corrected chi connectivity index (χ3v) is 4.83. The van der Waals surface area contributed by atoms with E-state index in [0.29, 0.717) is 0 Å². The number of rotatable bonds is 4. The lowest BCUT2D eigenvalue weighted by molar-refractivity contribution is 0.408. The van der Waals surface area contributed by atoms with Gasteiger partial charge in [-0.1, -0.05) is 0 Å². The molecule has 1 aromatic heterocycles. The van der Waals surface area contributed by atoms with E-state index in [1.165, 1.54) is 42.1 Å². The summed E-state index contributed by atoms with van der Waals surface area (Å²) >= 11 is 1.93. The average molecular weight is 292 g/mol. The Morgan fingerprint density at radius 3 is 2.90 bits per heavy atom. The Balaban J connectivity index is 1.91. The van der Waals surface area contributed by atoms with Crippen molar-refractivity contribution in [3.63, 3.8) is 0 Å².